The Hall–Kier alpha value is -3.41. The fourth-order valence-electron chi connectivity index (χ4n) is 3.35. The highest BCUT2D eigenvalue weighted by Gasteiger charge is 2.33. The molecule has 6 heteroatoms. The molecule has 1 aromatic heterocycles. The van der Waals surface area contributed by atoms with Gasteiger partial charge in [-0.3, -0.25) is 9.59 Å². The van der Waals surface area contributed by atoms with Gasteiger partial charge in [0.05, 0.1) is 6.33 Å². The number of nitrogens with one attached hydrogen (secondary N) is 1. The summed E-state index contributed by atoms with van der Waals surface area (Å²) >= 11 is 0. The summed E-state index contributed by atoms with van der Waals surface area (Å²) in [6, 6.07) is 16.6. The zero-order valence-electron chi connectivity index (χ0n) is 14.8. The van der Waals surface area contributed by atoms with Crippen LogP contribution in [-0.2, 0) is 11.2 Å². The zero-order valence-corrected chi connectivity index (χ0v) is 14.8. The standard InChI is InChI=1S/C21H20N4O2/c26-20-19(14-16-4-2-1-3-5-16)25(13-11-23-20)21(27)17-6-8-18(9-7-17)24-12-10-22-15-24/h1-10,12,15,19H,11,13-14H2,(H,23,26)/t19-/m1/s1. The third kappa shape index (κ3) is 3.60. The van der Waals surface area contributed by atoms with Crippen LogP contribution in [0.1, 0.15) is 15.9 Å². The molecule has 2 aromatic carbocycles. The van der Waals surface area contributed by atoms with Crippen LogP contribution in [0.2, 0.25) is 0 Å². The molecule has 3 aromatic rings. The number of hydrogen-bond donors (Lipinski definition) is 1. The van der Waals surface area contributed by atoms with Crippen LogP contribution in [0.4, 0.5) is 0 Å². The minimum Gasteiger partial charge on any atom is -0.353 e. The Bertz CT molecular complexity index is 921. The van der Waals surface area contributed by atoms with Crippen LogP contribution >= 0.6 is 0 Å². The summed E-state index contributed by atoms with van der Waals surface area (Å²) in [5, 5.41) is 2.87. The number of hydrogen-bond acceptors (Lipinski definition) is 3. The molecule has 0 unspecified atom stereocenters. The highest BCUT2D eigenvalue weighted by atomic mass is 16.2. The van der Waals surface area contributed by atoms with E-state index in [1.807, 2.05) is 53.2 Å². The van der Waals surface area contributed by atoms with Gasteiger partial charge >= 0.3 is 0 Å². The van der Waals surface area contributed by atoms with E-state index in [1.165, 1.54) is 0 Å². The predicted molar refractivity (Wildman–Crippen MR) is 102 cm³/mol. The van der Waals surface area contributed by atoms with Gasteiger partial charge in [0.2, 0.25) is 5.91 Å². The minimum absolute atomic E-state index is 0.103. The molecule has 0 spiro atoms. The van der Waals surface area contributed by atoms with E-state index in [1.54, 1.807) is 29.6 Å². The summed E-state index contributed by atoms with van der Waals surface area (Å²) in [5.74, 6) is -0.226. The average Bonchev–Trinajstić information content (AvgIpc) is 3.25. The van der Waals surface area contributed by atoms with Crippen LogP contribution in [-0.4, -0.2) is 45.4 Å². The van der Waals surface area contributed by atoms with Crippen LogP contribution in [0, 0.1) is 0 Å². The highest BCUT2D eigenvalue weighted by Crippen LogP contribution is 2.17. The van der Waals surface area contributed by atoms with Gasteiger partial charge in [-0.05, 0) is 29.8 Å². The van der Waals surface area contributed by atoms with Gasteiger partial charge in [-0.2, -0.15) is 0 Å². The quantitative estimate of drug-likeness (QED) is 0.774. The maximum atomic E-state index is 13.1. The van der Waals surface area contributed by atoms with E-state index >= 15 is 0 Å². The normalized spacial score (nSPS) is 16.8. The molecule has 6 nitrogen and oxygen atoms in total. The van der Waals surface area contributed by atoms with Crippen molar-refractivity contribution in [1.29, 1.82) is 0 Å². The van der Waals surface area contributed by atoms with E-state index in [0.717, 1.165) is 11.3 Å². The van der Waals surface area contributed by atoms with Crippen LogP contribution in [0.5, 0.6) is 0 Å². The molecule has 2 amide bonds. The van der Waals surface area contributed by atoms with Crippen molar-refractivity contribution in [2.24, 2.45) is 0 Å². The number of amides is 2. The molecule has 0 radical (unpaired) electrons. The monoisotopic (exact) mass is 360 g/mol. The lowest BCUT2D eigenvalue weighted by Crippen LogP contribution is -2.58. The Morgan fingerprint density at radius 3 is 2.59 bits per heavy atom. The van der Waals surface area contributed by atoms with E-state index in [-0.39, 0.29) is 11.8 Å². The molecular weight excluding hydrogens is 340 g/mol. The predicted octanol–water partition coefficient (Wildman–Crippen LogP) is 2.06. The zero-order chi connectivity index (χ0) is 18.6. The van der Waals surface area contributed by atoms with Gasteiger partial charge in [-0.15, -0.1) is 0 Å². The van der Waals surface area contributed by atoms with Gasteiger partial charge in [0, 0.05) is 43.2 Å². The summed E-state index contributed by atoms with van der Waals surface area (Å²) in [7, 11) is 0. The second kappa shape index (κ2) is 7.45. The molecule has 1 saturated heterocycles. The first-order valence-electron chi connectivity index (χ1n) is 8.93. The van der Waals surface area contributed by atoms with Crippen molar-refractivity contribution in [3.8, 4) is 5.69 Å². The lowest BCUT2D eigenvalue weighted by Gasteiger charge is -2.35. The Balaban J connectivity index is 1.55. The van der Waals surface area contributed by atoms with E-state index in [4.69, 9.17) is 0 Å². The number of aromatic nitrogens is 2. The van der Waals surface area contributed by atoms with Gasteiger partial charge in [-0.1, -0.05) is 30.3 Å². The second-order valence-electron chi connectivity index (χ2n) is 6.51. The largest absolute Gasteiger partial charge is 0.353 e. The van der Waals surface area contributed by atoms with E-state index < -0.39 is 6.04 Å². The van der Waals surface area contributed by atoms with Gasteiger partial charge in [0.25, 0.3) is 5.91 Å². The van der Waals surface area contributed by atoms with Crippen molar-refractivity contribution < 1.29 is 9.59 Å². The third-order valence-electron chi connectivity index (χ3n) is 4.78. The van der Waals surface area contributed by atoms with Crippen LogP contribution in [0.15, 0.2) is 73.3 Å². The molecule has 1 aliphatic heterocycles. The van der Waals surface area contributed by atoms with Crippen LogP contribution < -0.4 is 5.32 Å². The molecule has 1 atom stereocenters. The number of imidazole rings is 1. The van der Waals surface area contributed by atoms with E-state index in [9.17, 15) is 9.59 Å². The topological polar surface area (TPSA) is 67.2 Å². The van der Waals surface area contributed by atoms with Crippen molar-refractivity contribution in [2.75, 3.05) is 13.1 Å². The number of carbonyl (C=O) groups is 2. The number of carbonyl (C=O) groups excluding carboxylic acids is 2. The third-order valence-corrected chi connectivity index (χ3v) is 4.78. The Morgan fingerprint density at radius 1 is 1.11 bits per heavy atom. The van der Waals surface area contributed by atoms with Crippen molar-refractivity contribution in [3.63, 3.8) is 0 Å². The fraction of sp³-hybridized carbons (Fsp3) is 0.190. The van der Waals surface area contributed by atoms with Gasteiger partial charge in [0.1, 0.15) is 6.04 Å². The molecular formula is C21H20N4O2. The van der Waals surface area contributed by atoms with Crippen molar-refractivity contribution in [3.05, 3.63) is 84.4 Å². The fourth-order valence-corrected chi connectivity index (χ4v) is 3.35. The lowest BCUT2D eigenvalue weighted by atomic mass is 10.0. The Morgan fingerprint density at radius 2 is 1.89 bits per heavy atom. The SMILES string of the molecule is O=C1NCCN(C(=O)c2ccc(-n3ccnc3)cc2)[C@@H]1Cc1ccccc1. The second-order valence-corrected chi connectivity index (χ2v) is 6.51. The summed E-state index contributed by atoms with van der Waals surface area (Å²) < 4.78 is 1.88. The first-order valence-corrected chi connectivity index (χ1v) is 8.93. The number of piperazine rings is 1. The number of benzene rings is 2. The maximum absolute atomic E-state index is 13.1. The molecule has 136 valence electrons. The number of rotatable bonds is 4. The molecule has 0 saturated carbocycles. The molecule has 1 N–H and O–H groups in total. The molecule has 27 heavy (non-hydrogen) atoms. The molecule has 0 aliphatic carbocycles. The Labute approximate surface area is 157 Å². The van der Waals surface area contributed by atoms with Crippen molar-refractivity contribution in [2.45, 2.75) is 12.5 Å². The Kier molecular flexibility index (Phi) is 4.70. The molecule has 4 rings (SSSR count). The molecule has 1 aliphatic rings. The summed E-state index contributed by atoms with van der Waals surface area (Å²) in [6.07, 6.45) is 5.77. The summed E-state index contributed by atoms with van der Waals surface area (Å²) in [4.78, 5) is 31.2. The van der Waals surface area contributed by atoms with Gasteiger partial charge in [-0.25, -0.2) is 4.98 Å². The lowest BCUT2D eigenvalue weighted by molar-refractivity contribution is -0.127. The van der Waals surface area contributed by atoms with Gasteiger partial charge in [0.15, 0.2) is 0 Å². The van der Waals surface area contributed by atoms with Crippen molar-refractivity contribution >= 4 is 11.8 Å². The minimum atomic E-state index is -0.498. The van der Waals surface area contributed by atoms with Crippen molar-refractivity contribution in [1.82, 2.24) is 19.8 Å². The highest BCUT2D eigenvalue weighted by molar-refractivity contribution is 5.98. The van der Waals surface area contributed by atoms with Crippen LogP contribution in [0.3, 0.4) is 0 Å². The van der Waals surface area contributed by atoms with E-state index in [0.29, 0.717) is 25.1 Å². The maximum Gasteiger partial charge on any atom is 0.254 e. The number of nitrogens with zero attached hydrogens (tertiary/aromatic N) is 3. The molecule has 1 fully saturated rings. The molecule has 0 bridgehead atoms. The van der Waals surface area contributed by atoms with Gasteiger partial charge < -0.3 is 14.8 Å². The van der Waals surface area contributed by atoms with Crippen LogP contribution in [0.25, 0.3) is 5.69 Å². The summed E-state index contributed by atoms with van der Waals surface area (Å²) in [5.41, 5.74) is 2.54. The smallest absolute Gasteiger partial charge is 0.254 e. The molecule has 2 heterocycles. The first-order chi connectivity index (χ1) is 13.2. The first kappa shape index (κ1) is 17.0. The average molecular weight is 360 g/mol. The van der Waals surface area contributed by atoms with E-state index in [2.05, 4.69) is 10.3 Å². The summed E-state index contributed by atoms with van der Waals surface area (Å²) in [6.45, 7) is 0.980.